The number of hydrazine groups is 1. The highest BCUT2D eigenvalue weighted by Gasteiger charge is 2.46. The zero-order chi connectivity index (χ0) is 39.9. The summed E-state index contributed by atoms with van der Waals surface area (Å²) in [7, 11) is 4.59. The number of piperazine rings is 1. The van der Waals surface area contributed by atoms with Crippen molar-refractivity contribution in [2.75, 3.05) is 93.4 Å². The molecule has 56 heavy (non-hydrogen) atoms. The van der Waals surface area contributed by atoms with E-state index in [0.29, 0.717) is 105 Å². The maximum Gasteiger partial charge on any atom is 0.320 e. The van der Waals surface area contributed by atoms with E-state index in [4.69, 9.17) is 42.1 Å². The van der Waals surface area contributed by atoms with Crippen LogP contribution in [0.1, 0.15) is 54.1 Å². The Hall–Kier alpha value is -4.14. The minimum atomic E-state index is -0.745. The second-order valence-electron chi connectivity index (χ2n) is 14.7. The van der Waals surface area contributed by atoms with Crippen LogP contribution in [-0.4, -0.2) is 136 Å². The first-order chi connectivity index (χ1) is 27.0. The number of benzene rings is 2. The van der Waals surface area contributed by atoms with E-state index in [2.05, 4.69) is 15.3 Å². The monoisotopic (exact) mass is 810 g/mol. The van der Waals surface area contributed by atoms with Crippen LogP contribution in [0.5, 0.6) is 17.2 Å². The van der Waals surface area contributed by atoms with Crippen molar-refractivity contribution < 1.29 is 33.3 Å². The Morgan fingerprint density at radius 3 is 2.14 bits per heavy atom. The highest BCUT2D eigenvalue weighted by molar-refractivity contribution is 6.42. The van der Waals surface area contributed by atoms with Crippen molar-refractivity contribution in [3.8, 4) is 17.2 Å². The molecule has 2 aromatic carbocycles. The van der Waals surface area contributed by atoms with Crippen LogP contribution in [0.3, 0.4) is 0 Å². The Morgan fingerprint density at radius 1 is 0.821 bits per heavy atom. The second kappa shape index (κ2) is 18.4. The molecule has 0 radical (unpaired) electrons. The van der Waals surface area contributed by atoms with Crippen molar-refractivity contribution >= 4 is 41.0 Å². The number of pyridine rings is 1. The van der Waals surface area contributed by atoms with Gasteiger partial charge < -0.3 is 28.7 Å². The molecule has 1 aromatic heterocycles. The fourth-order valence-electron chi connectivity index (χ4n) is 8.32. The van der Waals surface area contributed by atoms with E-state index in [1.54, 1.807) is 25.3 Å². The van der Waals surface area contributed by atoms with E-state index in [1.807, 2.05) is 51.3 Å². The molecule has 0 aliphatic carbocycles. The summed E-state index contributed by atoms with van der Waals surface area (Å²) in [5.41, 5.74) is 4.49. The quantitative estimate of drug-likeness (QED) is 0.225. The predicted molar refractivity (Wildman–Crippen MR) is 214 cm³/mol. The molecule has 1 atom stereocenters. The fourth-order valence-corrected chi connectivity index (χ4v) is 8.62. The maximum atomic E-state index is 14.3. The molecular formula is C41H52Cl2N6O7. The number of methoxy groups -OCH3 is 3. The molecule has 302 valence electrons. The lowest BCUT2D eigenvalue weighted by Gasteiger charge is -2.43. The SMILES string of the molecule is CCOC(=O)CN1CCN(NC(=O)C2(c3cccnc3)CCN(CC[C@]3(c4ccc(Cl)c(Cl)c4)CCN(C(=O)c4cc(OC)c(OC)c(OC)c4)C3)CC2)CC1. The Kier molecular flexibility index (Phi) is 13.6. The highest BCUT2D eigenvalue weighted by Crippen LogP contribution is 2.43. The minimum absolute atomic E-state index is 0.0343. The van der Waals surface area contributed by atoms with Gasteiger partial charge in [-0.2, -0.15) is 0 Å². The van der Waals surface area contributed by atoms with Gasteiger partial charge in [-0.25, -0.2) is 5.01 Å². The van der Waals surface area contributed by atoms with Crippen molar-refractivity contribution in [1.82, 2.24) is 30.1 Å². The first kappa shape index (κ1) is 41.5. The molecule has 3 fully saturated rings. The average Bonchev–Trinajstić information content (AvgIpc) is 3.67. The molecule has 1 N–H and O–H groups in total. The normalized spacial score (nSPS) is 20.4. The molecule has 0 unspecified atom stereocenters. The summed E-state index contributed by atoms with van der Waals surface area (Å²) in [6, 6.07) is 13.0. The van der Waals surface area contributed by atoms with Crippen LogP contribution in [0, 0.1) is 0 Å². The van der Waals surface area contributed by atoms with E-state index in [-0.39, 0.29) is 29.7 Å². The number of amides is 2. The van der Waals surface area contributed by atoms with Gasteiger partial charge in [0.05, 0.1) is 49.9 Å². The van der Waals surface area contributed by atoms with E-state index in [1.165, 1.54) is 21.3 Å². The third kappa shape index (κ3) is 9.02. The molecule has 13 nitrogen and oxygen atoms in total. The Balaban J connectivity index is 1.15. The zero-order valence-electron chi connectivity index (χ0n) is 32.7. The molecule has 0 saturated carbocycles. The number of nitrogens with zero attached hydrogens (tertiary/aromatic N) is 5. The van der Waals surface area contributed by atoms with Gasteiger partial charge in [0.15, 0.2) is 11.5 Å². The number of hydrogen-bond acceptors (Lipinski definition) is 11. The number of esters is 1. The summed E-state index contributed by atoms with van der Waals surface area (Å²) in [6.07, 6.45) is 6.30. The smallest absolute Gasteiger partial charge is 0.320 e. The minimum Gasteiger partial charge on any atom is -0.493 e. The zero-order valence-corrected chi connectivity index (χ0v) is 34.2. The lowest BCUT2D eigenvalue weighted by Crippen LogP contribution is -2.59. The van der Waals surface area contributed by atoms with Crippen molar-refractivity contribution in [2.45, 2.75) is 43.4 Å². The molecule has 15 heteroatoms. The number of halogens is 2. The molecular weight excluding hydrogens is 759 g/mol. The van der Waals surface area contributed by atoms with Crippen molar-refractivity contribution in [3.05, 3.63) is 81.6 Å². The van der Waals surface area contributed by atoms with Crippen molar-refractivity contribution in [2.24, 2.45) is 0 Å². The van der Waals surface area contributed by atoms with Crippen LogP contribution in [0.4, 0.5) is 0 Å². The van der Waals surface area contributed by atoms with E-state index in [9.17, 15) is 14.4 Å². The van der Waals surface area contributed by atoms with Crippen molar-refractivity contribution in [1.29, 1.82) is 0 Å². The van der Waals surface area contributed by atoms with Crippen molar-refractivity contribution in [3.63, 3.8) is 0 Å². The van der Waals surface area contributed by atoms with Gasteiger partial charge in [-0.15, -0.1) is 0 Å². The Labute approximate surface area is 339 Å². The molecule has 3 aromatic rings. The number of carbonyl (C=O) groups is 3. The van der Waals surface area contributed by atoms with Crippen LogP contribution in [0.2, 0.25) is 10.0 Å². The lowest BCUT2D eigenvalue weighted by atomic mass is 9.72. The summed E-state index contributed by atoms with van der Waals surface area (Å²) < 4.78 is 21.7. The van der Waals surface area contributed by atoms with Gasteiger partial charge in [0.1, 0.15) is 0 Å². The number of rotatable bonds is 14. The van der Waals surface area contributed by atoms with Crippen LogP contribution >= 0.6 is 23.2 Å². The number of carbonyl (C=O) groups excluding carboxylic acids is 3. The molecule has 3 saturated heterocycles. The number of likely N-dealkylation sites (tertiary alicyclic amines) is 2. The van der Waals surface area contributed by atoms with Crippen LogP contribution in [0.25, 0.3) is 0 Å². The van der Waals surface area contributed by atoms with Crippen LogP contribution in [0.15, 0.2) is 54.9 Å². The first-order valence-corrected chi connectivity index (χ1v) is 19.9. The summed E-state index contributed by atoms with van der Waals surface area (Å²) in [4.78, 5) is 51.1. The molecule has 0 spiro atoms. The molecule has 4 heterocycles. The Bertz CT molecular complexity index is 1830. The predicted octanol–water partition coefficient (Wildman–Crippen LogP) is 4.83. The van der Waals surface area contributed by atoms with Crippen LogP contribution in [-0.2, 0) is 25.2 Å². The Morgan fingerprint density at radius 2 is 1.54 bits per heavy atom. The van der Waals surface area contributed by atoms with Gasteiger partial charge in [-0.05, 0) is 93.7 Å². The first-order valence-electron chi connectivity index (χ1n) is 19.2. The fraction of sp³-hybridized carbons (Fsp3) is 0.512. The average molecular weight is 812 g/mol. The second-order valence-corrected chi connectivity index (χ2v) is 15.5. The molecule has 3 aliphatic rings. The van der Waals surface area contributed by atoms with Gasteiger partial charge in [0, 0.05) is 62.6 Å². The number of piperidine rings is 1. The molecule has 6 rings (SSSR count). The summed E-state index contributed by atoms with van der Waals surface area (Å²) >= 11 is 13.0. The highest BCUT2D eigenvalue weighted by atomic mass is 35.5. The third-order valence-corrected chi connectivity index (χ3v) is 12.4. The summed E-state index contributed by atoms with van der Waals surface area (Å²) in [6.45, 7) is 8.15. The lowest BCUT2D eigenvalue weighted by molar-refractivity contribution is -0.145. The van der Waals surface area contributed by atoms with Crippen LogP contribution < -0.4 is 19.6 Å². The number of aromatic nitrogens is 1. The van der Waals surface area contributed by atoms with Gasteiger partial charge in [0.25, 0.3) is 5.91 Å². The summed E-state index contributed by atoms with van der Waals surface area (Å²) in [5.74, 6) is 0.865. The standard InChI is InChI=1S/C41H52Cl2N6O7/c1-5-56-36(50)27-47-19-21-49(22-20-47)45-39(52)41(31-7-6-14-44-26-31)12-16-46(17-13-41)15-10-40(30-8-9-32(42)33(43)25-30)11-18-48(28-40)38(51)29-23-34(53-2)37(55-4)35(24-29)54-3/h6-9,14,23-26H,5,10-13,15-22,27-28H2,1-4H3,(H,45,52)/t40-/m0/s1. The van der Waals surface area contributed by atoms with E-state index < -0.39 is 5.41 Å². The van der Waals surface area contributed by atoms with E-state index in [0.717, 1.165) is 30.5 Å². The molecule has 3 aliphatic heterocycles. The molecule has 0 bridgehead atoms. The molecule has 2 amide bonds. The summed E-state index contributed by atoms with van der Waals surface area (Å²) in [5, 5.41) is 2.91. The van der Waals surface area contributed by atoms with Gasteiger partial charge in [0.2, 0.25) is 11.7 Å². The number of nitrogens with one attached hydrogen (secondary N) is 1. The van der Waals surface area contributed by atoms with E-state index >= 15 is 0 Å². The number of hydrogen-bond donors (Lipinski definition) is 1. The third-order valence-electron chi connectivity index (χ3n) is 11.6. The van der Waals surface area contributed by atoms with Gasteiger partial charge in [-0.3, -0.25) is 29.7 Å². The maximum absolute atomic E-state index is 14.3. The van der Waals surface area contributed by atoms with Gasteiger partial charge >= 0.3 is 5.97 Å². The topological polar surface area (TPSA) is 126 Å². The largest absolute Gasteiger partial charge is 0.493 e. The van der Waals surface area contributed by atoms with Gasteiger partial charge in [-0.1, -0.05) is 35.3 Å². The number of ether oxygens (including phenoxy) is 4.